The van der Waals surface area contributed by atoms with Gasteiger partial charge in [0.05, 0.1) is 12.6 Å². The summed E-state index contributed by atoms with van der Waals surface area (Å²) in [5, 5.41) is 1.06. The molecule has 0 radical (unpaired) electrons. The molecule has 6 nitrogen and oxygen atoms in total. The average molecular weight is 414 g/mol. The van der Waals surface area contributed by atoms with E-state index in [1.165, 1.54) is 25.9 Å². The average Bonchev–Trinajstić information content (AvgIpc) is 3.40. The van der Waals surface area contributed by atoms with E-state index in [2.05, 4.69) is 23.9 Å². The highest BCUT2D eigenvalue weighted by molar-refractivity contribution is 5.92. The molecule has 1 saturated heterocycles. The summed E-state index contributed by atoms with van der Waals surface area (Å²) in [5.74, 6) is 0.806. The molecular weight excluding hydrogens is 378 g/mol. The van der Waals surface area contributed by atoms with Crippen molar-refractivity contribution in [1.29, 1.82) is 0 Å². The van der Waals surface area contributed by atoms with Crippen LogP contribution in [-0.4, -0.2) is 73.4 Å². The van der Waals surface area contributed by atoms with Gasteiger partial charge in [0, 0.05) is 24.2 Å². The fourth-order valence-electron chi connectivity index (χ4n) is 4.93. The van der Waals surface area contributed by atoms with Gasteiger partial charge in [0.2, 0.25) is 0 Å². The number of rotatable bonds is 6. The third-order valence-electron chi connectivity index (χ3n) is 6.69. The number of carbonyl (C=O) groups is 1. The number of hydrogen-bond acceptors (Lipinski definition) is 5. The Hall–Kier alpha value is -2.05. The first-order valence-electron chi connectivity index (χ1n) is 11.3. The van der Waals surface area contributed by atoms with Crippen molar-refractivity contribution in [2.45, 2.75) is 57.1 Å². The van der Waals surface area contributed by atoms with Gasteiger partial charge < -0.3 is 19.3 Å². The highest BCUT2D eigenvalue weighted by Crippen LogP contribution is 2.30. The van der Waals surface area contributed by atoms with E-state index in [4.69, 9.17) is 9.47 Å². The zero-order chi connectivity index (χ0) is 21.1. The van der Waals surface area contributed by atoms with Crippen LogP contribution in [0.4, 0.5) is 4.79 Å². The van der Waals surface area contributed by atoms with Gasteiger partial charge in [-0.05, 0) is 95.9 Å². The molecule has 0 N–H and O–H groups in total. The van der Waals surface area contributed by atoms with E-state index in [0.717, 1.165) is 60.9 Å². The molecule has 2 aromatic rings. The Morgan fingerprint density at radius 3 is 2.53 bits per heavy atom. The monoisotopic (exact) mass is 413 g/mol. The lowest BCUT2D eigenvalue weighted by atomic mass is 9.92. The quantitative estimate of drug-likeness (QED) is 0.712. The number of carbonyl (C=O) groups excluding carboxylic acids is 1. The summed E-state index contributed by atoms with van der Waals surface area (Å²) >= 11 is 0. The standard InChI is InChI=1S/C24H35N3O3/c1-25(2)15-12-18-17-27(23-11-10-21(29-3)16-22(18)23)24(28)30-20-8-6-19(7-9-20)26-13-4-5-14-26/h10-11,16-17,19-20H,4-9,12-15H2,1-3H3. The molecule has 0 spiro atoms. The molecule has 0 bridgehead atoms. The Kier molecular flexibility index (Phi) is 6.64. The Balaban J connectivity index is 1.46. The van der Waals surface area contributed by atoms with Crippen LogP contribution in [0.2, 0.25) is 0 Å². The molecule has 1 aliphatic heterocycles. The van der Waals surface area contributed by atoms with Gasteiger partial charge in [-0.3, -0.25) is 4.57 Å². The van der Waals surface area contributed by atoms with Gasteiger partial charge >= 0.3 is 6.09 Å². The van der Waals surface area contributed by atoms with Gasteiger partial charge in [-0.15, -0.1) is 0 Å². The van der Waals surface area contributed by atoms with Crippen molar-refractivity contribution in [3.8, 4) is 5.75 Å². The van der Waals surface area contributed by atoms with Gasteiger partial charge in [0.1, 0.15) is 11.9 Å². The highest BCUT2D eigenvalue weighted by Gasteiger charge is 2.29. The maximum atomic E-state index is 13.1. The number of fused-ring (bicyclic) bond motifs is 1. The maximum absolute atomic E-state index is 13.1. The Labute approximate surface area is 179 Å². The minimum absolute atomic E-state index is 0.0253. The minimum atomic E-state index is -0.258. The molecule has 0 unspecified atom stereocenters. The van der Waals surface area contributed by atoms with Crippen LogP contribution in [0, 0.1) is 0 Å². The topological polar surface area (TPSA) is 46.9 Å². The number of methoxy groups -OCH3 is 1. The largest absolute Gasteiger partial charge is 0.497 e. The molecule has 2 fully saturated rings. The molecule has 1 aromatic carbocycles. The zero-order valence-corrected chi connectivity index (χ0v) is 18.6. The van der Waals surface area contributed by atoms with Crippen LogP contribution in [0.15, 0.2) is 24.4 Å². The van der Waals surface area contributed by atoms with Crippen LogP contribution < -0.4 is 4.74 Å². The van der Waals surface area contributed by atoms with E-state index in [1.807, 2.05) is 24.4 Å². The second-order valence-electron chi connectivity index (χ2n) is 9.02. The second-order valence-corrected chi connectivity index (χ2v) is 9.02. The SMILES string of the molecule is COc1ccc2c(c1)c(CCN(C)C)cn2C(=O)OC1CCC(N2CCCC2)CC1. The van der Waals surface area contributed by atoms with Crippen molar-refractivity contribution < 1.29 is 14.3 Å². The number of likely N-dealkylation sites (tertiary alicyclic amines) is 1. The predicted octanol–water partition coefficient (Wildman–Crippen LogP) is 4.15. The van der Waals surface area contributed by atoms with E-state index in [-0.39, 0.29) is 12.2 Å². The smallest absolute Gasteiger partial charge is 0.418 e. The number of aromatic nitrogens is 1. The molecule has 30 heavy (non-hydrogen) atoms. The fraction of sp³-hybridized carbons (Fsp3) is 0.625. The normalized spacial score (nSPS) is 22.7. The van der Waals surface area contributed by atoms with E-state index in [9.17, 15) is 4.79 Å². The lowest BCUT2D eigenvalue weighted by Crippen LogP contribution is -2.38. The van der Waals surface area contributed by atoms with Gasteiger partial charge in [-0.2, -0.15) is 0 Å². The van der Waals surface area contributed by atoms with Crippen molar-refractivity contribution in [2.24, 2.45) is 0 Å². The lowest BCUT2D eigenvalue weighted by Gasteiger charge is -2.34. The van der Waals surface area contributed by atoms with Crippen molar-refractivity contribution in [3.63, 3.8) is 0 Å². The summed E-state index contributed by atoms with van der Waals surface area (Å²) in [7, 11) is 5.80. The van der Waals surface area contributed by atoms with E-state index in [1.54, 1.807) is 11.7 Å². The molecule has 0 atom stereocenters. The molecule has 1 aliphatic carbocycles. The number of ether oxygens (including phenoxy) is 2. The fourth-order valence-corrected chi connectivity index (χ4v) is 4.93. The van der Waals surface area contributed by atoms with E-state index >= 15 is 0 Å². The Bertz CT molecular complexity index is 862. The van der Waals surface area contributed by atoms with Crippen LogP contribution in [0.3, 0.4) is 0 Å². The molecule has 6 heteroatoms. The van der Waals surface area contributed by atoms with Crippen molar-refractivity contribution in [2.75, 3.05) is 40.8 Å². The molecule has 1 saturated carbocycles. The lowest BCUT2D eigenvalue weighted by molar-refractivity contribution is 0.0540. The first-order chi connectivity index (χ1) is 14.5. The van der Waals surface area contributed by atoms with Gasteiger partial charge in [-0.25, -0.2) is 4.79 Å². The number of likely N-dealkylation sites (N-methyl/N-ethyl adjacent to an activating group) is 1. The second kappa shape index (κ2) is 9.40. The molecule has 4 rings (SSSR count). The van der Waals surface area contributed by atoms with Crippen LogP contribution >= 0.6 is 0 Å². The van der Waals surface area contributed by atoms with Gasteiger partial charge in [-0.1, -0.05) is 0 Å². The van der Waals surface area contributed by atoms with Crippen molar-refractivity contribution in [1.82, 2.24) is 14.4 Å². The molecule has 2 heterocycles. The summed E-state index contributed by atoms with van der Waals surface area (Å²) in [6.45, 7) is 3.40. The number of nitrogens with zero attached hydrogens (tertiary/aromatic N) is 3. The predicted molar refractivity (Wildman–Crippen MR) is 119 cm³/mol. The first kappa shape index (κ1) is 21.2. The molecule has 164 valence electrons. The first-order valence-corrected chi connectivity index (χ1v) is 11.3. The molecular formula is C24H35N3O3. The number of benzene rings is 1. The zero-order valence-electron chi connectivity index (χ0n) is 18.6. The van der Waals surface area contributed by atoms with Gasteiger partial charge in [0.15, 0.2) is 0 Å². The van der Waals surface area contributed by atoms with E-state index < -0.39 is 0 Å². The molecule has 1 aromatic heterocycles. The van der Waals surface area contributed by atoms with Gasteiger partial charge in [0.25, 0.3) is 0 Å². The van der Waals surface area contributed by atoms with Crippen LogP contribution in [-0.2, 0) is 11.2 Å². The van der Waals surface area contributed by atoms with Crippen molar-refractivity contribution >= 4 is 17.0 Å². The summed E-state index contributed by atoms with van der Waals surface area (Å²) in [6.07, 6.45) is 9.45. The highest BCUT2D eigenvalue weighted by atomic mass is 16.6. The molecule has 0 amide bonds. The third kappa shape index (κ3) is 4.65. The number of hydrogen-bond donors (Lipinski definition) is 0. The Morgan fingerprint density at radius 2 is 1.87 bits per heavy atom. The van der Waals surface area contributed by atoms with Crippen LogP contribution in [0.5, 0.6) is 5.75 Å². The summed E-state index contributed by atoms with van der Waals surface area (Å²) in [5.41, 5.74) is 2.03. The summed E-state index contributed by atoms with van der Waals surface area (Å²) < 4.78 is 13.0. The molecule has 2 aliphatic rings. The maximum Gasteiger partial charge on any atom is 0.418 e. The van der Waals surface area contributed by atoms with Crippen LogP contribution in [0.25, 0.3) is 10.9 Å². The summed E-state index contributed by atoms with van der Waals surface area (Å²) in [4.78, 5) is 17.8. The van der Waals surface area contributed by atoms with E-state index in [0.29, 0.717) is 6.04 Å². The summed E-state index contributed by atoms with van der Waals surface area (Å²) in [6, 6.07) is 6.56. The Morgan fingerprint density at radius 1 is 1.13 bits per heavy atom. The van der Waals surface area contributed by atoms with Crippen LogP contribution in [0.1, 0.15) is 44.1 Å². The van der Waals surface area contributed by atoms with Crippen molar-refractivity contribution in [3.05, 3.63) is 30.0 Å². The third-order valence-corrected chi connectivity index (χ3v) is 6.69. The minimum Gasteiger partial charge on any atom is -0.497 e.